The maximum atomic E-state index is 13.5. The number of carbonyl (C=O) groups excluding carboxylic acids is 3. The zero-order chi connectivity index (χ0) is 21.2. The van der Waals surface area contributed by atoms with Crippen LogP contribution in [-0.2, 0) is 9.59 Å². The van der Waals surface area contributed by atoms with Crippen molar-refractivity contribution < 1.29 is 19.1 Å². The van der Waals surface area contributed by atoms with E-state index in [1.807, 2.05) is 44.1 Å². The number of anilines is 1. The first-order valence-corrected chi connectivity index (χ1v) is 10.0. The van der Waals surface area contributed by atoms with Gasteiger partial charge in [0.05, 0.1) is 29.0 Å². The van der Waals surface area contributed by atoms with E-state index in [1.165, 1.54) is 4.90 Å². The number of imide groups is 1. The summed E-state index contributed by atoms with van der Waals surface area (Å²) >= 11 is 0. The molecule has 0 spiro atoms. The Hall–Kier alpha value is -3.25. The van der Waals surface area contributed by atoms with E-state index in [0.29, 0.717) is 22.8 Å². The standard InChI is InChI=1S/C24H22N2O4/c1-13-9-10-17-15(11-13)22(27)20-18(30-17)12-16(25(2)3)19-21(20)24(29)26(23(19)28)14-7-5-4-6-8-14/h4-12,16,19-21H,1-3H3. The summed E-state index contributed by atoms with van der Waals surface area (Å²) < 4.78 is 6.11. The fourth-order valence-electron chi connectivity index (χ4n) is 4.89. The zero-order valence-electron chi connectivity index (χ0n) is 17.0. The number of aryl methyl sites for hydroxylation is 1. The molecule has 5 rings (SSSR count). The Morgan fingerprint density at radius 2 is 1.63 bits per heavy atom. The summed E-state index contributed by atoms with van der Waals surface area (Å²) in [5.41, 5.74) is 1.94. The van der Waals surface area contributed by atoms with Crippen molar-refractivity contribution in [3.63, 3.8) is 0 Å². The van der Waals surface area contributed by atoms with Gasteiger partial charge in [-0.15, -0.1) is 0 Å². The van der Waals surface area contributed by atoms with Crippen LogP contribution in [0.15, 0.2) is 60.4 Å². The summed E-state index contributed by atoms with van der Waals surface area (Å²) in [6, 6.07) is 14.0. The average Bonchev–Trinajstić information content (AvgIpc) is 2.99. The molecule has 2 heterocycles. The number of benzene rings is 2. The molecule has 4 atom stereocenters. The molecule has 2 aliphatic heterocycles. The minimum absolute atomic E-state index is 0.158. The highest BCUT2D eigenvalue weighted by Gasteiger charge is 2.60. The number of nitrogens with zero attached hydrogens (tertiary/aromatic N) is 2. The second-order valence-corrected chi connectivity index (χ2v) is 8.37. The summed E-state index contributed by atoms with van der Waals surface area (Å²) in [4.78, 5) is 43.6. The number of ketones is 1. The Bertz CT molecular complexity index is 1110. The summed E-state index contributed by atoms with van der Waals surface area (Å²) in [5.74, 6) is -2.01. The summed E-state index contributed by atoms with van der Waals surface area (Å²) in [6.45, 7) is 1.91. The number of rotatable bonds is 2. The van der Waals surface area contributed by atoms with E-state index in [-0.39, 0.29) is 23.6 Å². The fraction of sp³-hybridized carbons (Fsp3) is 0.292. The molecular weight excluding hydrogens is 380 g/mol. The Labute approximate surface area is 174 Å². The van der Waals surface area contributed by atoms with Crippen LogP contribution in [0.2, 0.25) is 0 Å². The van der Waals surface area contributed by atoms with Crippen LogP contribution in [0.25, 0.3) is 0 Å². The lowest BCUT2D eigenvalue weighted by molar-refractivity contribution is -0.122. The lowest BCUT2D eigenvalue weighted by Gasteiger charge is -2.39. The molecule has 0 aromatic heterocycles. The minimum atomic E-state index is -0.786. The molecule has 0 N–H and O–H groups in total. The number of allylic oxidation sites excluding steroid dienone is 1. The monoisotopic (exact) mass is 402 g/mol. The largest absolute Gasteiger partial charge is 0.460 e. The van der Waals surface area contributed by atoms with Gasteiger partial charge in [0.1, 0.15) is 11.5 Å². The van der Waals surface area contributed by atoms with Gasteiger partial charge >= 0.3 is 0 Å². The molecule has 0 radical (unpaired) electrons. The molecule has 152 valence electrons. The first kappa shape index (κ1) is 18.8. The number of hydrogen-bond donors (Lipinski definition) is 0. The Kier molecular flexibility index (Phi) is 4.15. The molecule has 2 aromatic carbocycles. The van der Waals surface area contributed by atoms with Crippen LogP contribution < -0.4 is 9.64 Å². The number of ether oxygens (including phenoxy) is 1. The third-order valence-corrected chi connectivity index (χ3v) is 6.29. The Morgan fingerprint density at radius 1 is 0.933 bits per heavy atom. The average molecular weight is 402 g/mol. The number of carbonyl (C=O) groups is 3. The number of hydrogen-bond acceptors (Lipinski definition) is 5. The highest BCUT2D eigenvalue weighted by Crippen LogP contribution is 2.48. The van der Waals surface area contributed by atoms with E-state index in [1.54, 1.807) is 36.4 Å². The number of Topliss-reactive ketones (excluding diaryl/α,β-unsaturated/α-hetero) is 1. The number of fused-ring (bicyclic) bond motifs is 4. The molecule has 30 heavy (non-hydrogen) atoms. The predicted molar refractivity (Wildman–Crippen MR) is 111 cm³/mol. The molecule has 4 unspecified atom stereocenters. The van der Waals surface area contributed by atoms with Crippen molar-refractivity contribution in [2.45, 2.75) is 13.0 Å². The van der Waals surface area contributed by atoms with Gasteiger partial charge < -0.3 is 9.64 Å². The number of para-hydroxylation sites is 1. The zero-order valence-corrected chi connectivity index (χ0v) is 17.0. The van der Waals surface area contributed by atoms with Gasteiger partial charge in [0.2, 0.25) is 11.8 Å². The van der Waals surface area contributed by atoms with Gasteiger partial charge in [-0.3, -0.25) is 14.4 Å². The van der Waals surface area contributed by atoms with Crippen LogP contribution in [0.3, 0.4) is 0 Å². The van der Waals surface area contributed by atoms with E-state index >= 15 is 0 Å². The first-order valence-electron chi connectivity index (χ1n) is 10.0. The van der Waals surface area contributed by atoms with Gasteiger partial charge in [-0.05, 0) is 51.4 Å². The molecule has 2 amide bonds. The van der Waals surface area contributed by atoms with Crippen molar-refractivity contribution in [3.8, 4) is 5.75 Å². The summed E-state index contributed by atoms with van der Waals surface area (Å²) in [7, 11) is 3.73. The number of likely N-dealkylation sites (N-methyl/N-ethyl adjacent to an activating group) is 1. The summed E-state index contributed by atoms with van der Waals surface area (Å²) in [6.07, 6.45) is 1.84. The second-order valence-electron chi connectivity index (χ2n) is 8.37. The van der Waals surface area contributed by atoms with Gasteiger partial charge in [-0.25, -0.2) is 4.90 Å². The second kappa shape index (κ2) is 6.64. The third-order valence-electron chi connectivity index (χ3n) is 6.29. The normalized spacial score (nSPS) is 27.4. The van der Waals surface area contributed by atoms with Crippen molar-refractivity contribution >= 4 is 23.3 Å². The molecule has 0 bridgehead atoms. The van der Waals surface area contributed by atoms with Crippen LogP contribution in [0.5, 0.6) is 5.75 Å². The van der Waals surface area contributed by atoms with Gasteiger partial charge in [0.25, 0.3) is 0 Å². The highest BCUT2D eigenvalue weighted by molar-refractivity contribution is 6.24. The molecule has 6 nitrogen and oxygen atoms in total. The number of amides is 2. The molecule has 6 heteroatoms. The lowest BCUT2D eigenvalue weighted by Crippen LogP contribution is -2.49. The highest BCUT2D eigenvalue weighted by atomic mass is 16.5. The maximum Gasteiger partial charge on any atom is 0.239 e. The van der Waals surface area contributed by atoms with Crippen LogP contribution in [0.4, 0.5) is 5.69 Å². The van der Waals surface area contributed by atoms with E-state index < -0.39 is 17.8 Å². The SMILES string of the molecule is Cc1ccc2c(c1)C(=O)C1C(=CC(N(C)C)C3C(=O)N(c4ccccc4)C(=O)C13)O2. The van der Waals surface area contributed by atoms with Crippen LogP contribution in [0.1, 0.15) is 15.9 Å². The minimum Gasteiger partial charge on any atom is -0.460 e. The van der Waals surface area contributed by atoms with Crippen LogP contribution in [-0.4, -0.2) is 42.6 Å². The van der Waals surface area contributed by atoms with Gasteiger partial charge in [0, 0.05) is 6.04 Å². The van der Waals surface area contributed by atoms with Gasteiger partial charge in [-0.2, -0.15) is 0 Å². The molecule has 1 saturated heterocycles. The maximum absolute atomic E-state index is 13.5. The predicted octanol–water partition coefficient (Wildman–Crippen LogP) is 2.82. The van der Waals surface area contributed by atoms with E-state index in [9.17, 15) is 14.4 Å². The molecular formula is C24H22N2O4. The van der Waals surface area contributed by atoms with Crippen molar-refractivity contribution in [2.75, 3.05) is 19.0 Å². The van der Waals surface area contributed by atoms with Crippen molar-refractivity contribution in [3.05, 3.63) is 71.5 Å². The summed E-state index contributed by atoms with van der Waals surface area (Å²) in [5, 5.41) is 0. The molecule has 1 aliphatic carbocycles. The van der Waals surface area contributed by atoms with E-state index in [4.69, 9.17) is 4.74 Å². The smallest absolute Gasteiger partial charge is 0.239 e. The fourth-order valence-corrected chi connectivity index (χ4v) is 4.89. The molecule has 0 saturated carbocycles. The van der Waals surface area contributed by atoms with Crippen LogP contribution >= 0.6 is 0 Å². The topological polar surface area (TPSA) is 66.9 Å². The third kappa shape index (κ3) is 2.57. The Morgan fingerprint density at radius 3 is 2.33 bits per heavy atom. The van der Waals surface area contributed by atoms with Gasteiger partial charge in [-0.1, -0.05) is 29.8 Å². The van der Waals surface area contributed by atoms with Crippen molar-refractivity contribution in [2.24, 2.45) is 17.8 Å². The van der Waals surface area contributed by atoms with Crippen molar-refractivity contribution in [1.29, 1.82) is 0 Å². The molecule has 2 aromatic rings. The van der Waals surface area contributed by atoms with E-state index in [0.717, 1.165) is 5.56 Å². The van der Waals surface area contributed by atoms with Gasteiger partial charge in [0.15, 0.2) is 5.78 Å². The Balaban J connectivity index is 1.66. The molecule has 1 fully saturated rings. The van der Waals surface area contributed by atoms with Crippen molar-refractivity contribution in [1.82, 2.24) is 4.90 Å². The quantitative estimate of drug-likeness (QED) is 0.723. The van der Waals surface area contributed by atoms with Crippen LogP contribution in [0, 0.1) is 24.7 Å². The molecule has 3 aliphatic rings. The first-order chi connectivity index (χ1) is 14.4. The lowest BCUT2D eigenvalue weighted by atomic mass is 9.69. The van der Waals surface area contributed by atoms with E-state index in [2.05, 4.69) is 0 Å².